The molecular weight excluding hydrogens is 288 g/mol. The Bertz CT molecular complexity index is 627. The predicted molar refractivity (Wildman–Crippen MR) is 83.0 cm³/mol. The number of alkyl halides is 1. The Morgan fingerprint density at radius 2 is 2.24 bits per heavy atom. The van der Waals surface area contributed by atoms with Crippen molar-refractivity contribution >= 4 is 22.8 Å². The minimum Gasteiger partial charge on any atom is -0.479 e. The molecule has 0 aromatic carbocycles. The molecule has 0 amide bonds. The maximum atomic E-state index is 5.96. The predicted octanol–water partition coefficient (Wildman–Crippen LogP) is 3.37. The zero-order valence-corrected chi connectivity index (χ0v) is 13.3. The second-order valence-electron chi connectivity index (χ2n) is 5.82. The second-order valence-corrected chi connectivity index (χ2v) is 6.20. The lowest BCUT2D eigenvalue weighted by molar-refractivity contribution is 0.282. The van der Waals surface area contributed by atoms with Crippen LogP contribution < -0.4 is 4.74 Å². The van der Waals surface area contributed by atoms with Crippen molar-refractivity contribution in [1.82, 2.24) is 19.5 Å². The Labute approximate surface area is 129 Å². The highest BCUT2D eigenvalue weighted by molar-refractivity contribution is 6.17. The second kappa shape index (κ2) is 6.18. The van der Waals surface area contributed by atoms with E-state index in [1.807, 2.05) is 0 Å². The van der Waals surface area contributed by atoms with E-state index in [4.69, 9.17) is 21.3 Å². The average molecular weight is 309 g/mol. The summed E-state index contributed by atoms with van der Waals surface area (Å²) in [6, 6.07) is 0.455. The summed E-state index contributed by atoms with van der Waals surface area (Å²) in [5.74, 6) is 2.84. The number of aryl methyl sites for hydroxylation is 1. The molecule has 2 unspecified atom stereocenters. The number of aromatic nitrogens is 4. The van der Waals surface area contributed by atoms with E-state index in [2.05, 4.69) is 21.5 Å². The summed E-state index contributed by atoms with van der Waals surface area (Å²) in [6.45, 7) is 2.32. The molecule has 3 rings (SSSR count). The van der Waals surface area contributed by atoms with Crippen LogP contribution >= 0.6 is 11.6 Å². The van der Waals surface area contributed by atoms with Crippen molar-refractivity contribution in [3.63, 3.8) is 0 Å². The van der Waals surface area contributed by atoms with E-state index in [9.17, 15) is 0 Å². The Morgan fingerprint density at radius 3 is 2.95 bits per heavy atom. The highest BCUT2D eigenvalue weighted by Gasteiger charge is 2.26. The van der Waals surface area contributed by atoms with Crippen molar-refractivity contribution < 1.29 is 4.74 Å². The van der Waals surface area contributed by atoms with Gasteiger partial charge in [-0.05, 0) is 18.8 Å². The van der Waals surface area contributed by atoms with E-state index in [0.29, 0.717) is 17.8 Å². The molecule has 2 aromatic heterocycles. The SMILES string of the molecule is COc1ncnc2c1nc(CCCl)n2C1CCCC(C)C1. The molecule has 5 nitrogen and oxygen atoms in total. The van der Waals surface area contributed by atoms with Crippen molar-refractivity contribution in [1.29, 1.82) is 0 Å². The third kappa shape index (κ3) is 2.71. The highest BCUT2D eigenvalue weighted by atomic mass is 35.5. The fraction of sp³-hybridized carbons (Fsp3) is 0.667. The molecule has 1 aliphatic carbocycles. The minimum atomic E-state index is 0.455. The van der Waals surface area contributed by atoms with Crippen LogP contribution in [0.4, 0.5) is 0 Å². The van der Waals surface area contributed by atoms with Crippen LogP contribution in [0.1, 0.15) is 44.5 Å². The van der Waals surface area contributed by atoms with Crippen molar-refractivity contribution in [2.45, 2.75) is 45.1 Å². The van der Waals surface area contributed by atoms with Crippen LogP contribution in [0.3, 0.4) is 0 Å². The van der Waals surface area contributed by atoms with Gasteiger partial charge in [0.1, 0.15) is 12.2 Å². The van der Waals surface area contributed by atoms with E-state index in [1.54, 1.807) is 13.4 Å². The molecule has 2 heterocycles. The first-order valence-corrected chi connectivity index (χ1v) is 8.09. The number of hydrogen-bond acceptors (Lipinski definition) is 4. The summed E-state index contributed by atoms with van der Waals surface area (Å²) in [7, 11) is 1.62. The zero-order valence-electron chi connectivity index (χ0n) is 12.5. The van der Waals surface area contributed by atoms with Crippen LogP contribution in [0.2, 0.25) is 0 Å². The van der Waals surface area contributed by atoms with Crippen molar-refractivity contribution in [3.05, 3.63) is 12.2 Å². The minimum absolute atomic E-state index is 0.455. The Balaban J connectivity index is 2.11. The topological polar surface area (TPSA) is 52.8 Å². The molecule has 0 N–H and O–H groups in total. The molecule has 1 aliphatic rings. The molecule has 1 saturated carbocycles. The first kappa shape index (κ1) is 14.6. The molecule has 1 fully saturated rings. The monoisotopic (exact) mass is 308 g/mol. The van der Waals surface area contributed by atoms with E-state index in [0.717, 1.165) is 29.3 Å². The molecule has 0 radical (unpaired) electrons. The summed E-state index contributed by atoms with van der Waals surface area (Å²) in [6.07, 6.45) is 7.22. The van der Waals surface area contributed by atoms with Gasteiger partial charge in [-0.2, -0.15) is 4.98 Å². The largest absolute Gasteiger partial charge is 0.479 e. The summed E-state index contributed by atoms with van der Waals surface area (Å²) in [5.41, 5.74) is 1.62. The third-order valence-corrected chi connectivity index (χ3v) is 4.49. The number of halogens is 1. The Kier molecular flexibility index (Phi) is 4.29. The number of ether oxygens (including phenoxy) is 1. The van der Waals surface area contributed by atoms with E-state index in [1.165, 1.54) is 25.7 Å². The molecule has 21 heavy (non-hydrogen) atoms. The van der Waals surface area contributed by atoms with E-state index < -0.39 is 0 Å². The van der Waals surface area contributed by atoms with Crippen LogP contribution in [-0.2, 0) is 6.42 Å². The molecule has 6 heteroatoms. The smallest absolute Gasteiger partial charge is 0.245 e. The van der Waals surface area contributed by atoms with E-state index in [-0.39, 0.29) is 0 Å². The number of nitrogens with zero attached hydrogens (tertiary/aromatic N) is 4. The molecular formula is C15H21ClN4O. The highest BCUT2D eigenvalue weighted by Crippen LogP contribution is 2.36. The summed E-state index contributed by atoms with van der Waals surface area (Å²) in [4.78, 5) is 13.3. The Morgan fingerprint density at radius 1 is 1.38 bits per heavy atom. The van der Waals surface area contributed by atoms with Crippen LogP contribution in [-0.4, -0.2) is 32.5 Å². The number of imidazole rings is 1. The average Bonchev–Trinajstić information content (AvgIpc) is 2.85. The number of rotatable bonds is 4. The van der Waals surface area contributed by atoms with Gasteiger partial charge in [0.25, 0.3) is 0 Å². The van der Waals surface area contributed by atoms with Crippen molar-refractivity contribution in [2.24, 2.45) is 5.92 Å². The maximum absolute atomic E-state index is 5.96. The lowest BCUT2D eigenvalue weighted by atomic mass is 9.87. The lowest BCUT2D eigenvalue weighted by Gasteiger charge is -2.29. The first-order chi connectivity index (χ1) is 10.2. The van der Waals surface area contributed by atoms with Gasteiger partial charge < -0.3 is 9.30 Å². The first-order valence-electron chi connectivity index (χ1n) is 7.56. The fourth-order valence-corrected chi connectivity index (χ4v) is 3.53. The van der Waals surface area contributed by atoms with Crippen molar-refractivity contribution in [2.75, 3.05) is 13.0 Å². The van der Waals surface area contributed by atoms with Crippen LogP contribution in [0.5, 0.6) is 5.88 Å². The number of fused-ring (bicyclic) bond motifs is 1. The zero-order chi connectivity index (χ0) is 14.8. The van der Waals surface area contributed by atoms with Gasteiger partial charge >= 0.3 is 0 Å². The quantitative estimate of drug-likeness (QED) is 0.813. The molecule has 0 saturated heterocycles. The maximum Gasteiger partial charge on any atom is 0.245 e. The normalized spacial score (nSPS) is 22.6. The number of methoxy groups -OCH3 is 1. The number of hydrogen-bond donors (Lipinski definition) is 0. The fourth-order valence-electron chi connectivity index (χ4n) is 3.36. The van der Waals surface area contributed by atoms with Crippen LogP contribution in [0.15, 0.2) is 6.33 Å². The van der Waals surface area contributed by atoms with Gasteiger partial charge in [-0.25, -0.2) is 9.97 Å². The van der Waals surface area contributed by atoms with Gasteiger partial charge in [-0.1, -0.05) is 19.8 Å². The summed E-state index contributed by atoms with van der Waals surface area (Å²) in [5, 5.41) is 0. The summed E-state index contributed by atoms with van der Waals surface area (Å²) < 4.78 is 7.60. The lowest BCUT2D eigenvalue weighted by Crippen LogP contribution is -2.20. The molecule has 2 aromatic rings. The van der Waals surface area contributed by atoms with Crippen LogP contribution in [0.25, 0.3) is 11.2 Å². The standard InChI is InChI=1S/C15H21ClN4O/c1-10-4-3-5-11(8-10)20-12(6-7-16)19-13-14(20)17-9-18-15(13)21-2/h9-11H,3-8H2,1-2H3. The van der Waals surface area contributed by atoms with Gasteiger partial charge in [-0.15, -0.1) is 11.6 Å². The van der Waals surface area contributed by atoms with Gasteiger partial charge in [0.2, 0.25) is 5.88 Å². The Hall–Kier alpha value is -1.36. The molecule has 0 aliphatic heterocycles. The van der Waals surface area contributed by atoms with Crippen LogP contribution in [0, 0.1) is 5.92 Å². The molecule has 2 atom stereocenters. The molecule has 114 valence electrons. The summed E-state index contributed by atoms with van der Waals surface area (Å²) >= 11 is 5.96. The van der Waals surface area contributed by atoms with Gasteiger partial charge in [0.05, 0.1) is 7.11 Å². The molecule has 0 bridgehead atoms. The van der Waals surface area contributed by atoms with Crippen molar-refractivity contribution in [3.8, 4) is 5.88 Å². The van der Waals surface area contributed by atoms with Gasteiger partial charge in [0.15, 0.2) is 11.2 Å². The third-order valence-electron chi connectivity index (χ3n) is 4.30. The molecule has 0 spiro atoms. The van der Waals surface area contributed by atoms with E-state index >= 15 is 0 Å². The van der Waals surface area contributed by atoms with Gasteiger partial charge in [-0.3, -0.25) is 0 Å². The van der Waals surface area contributed by atoms with Gasteiger partial charge in [0, 0.05) is 18.3 Å².